The Morgan fingerprint density at radius 2 is 1.94 bits per heavy atom. The van der Waals surface area contributed by atoms with Gasteiger partial charge >= 0.3 is 0 Å². The summed E-state index contributed by atoms with van der Waals surface area (Å²) in [6.07, 6.45) is 6.75. The summed E-state index contributed by atoms with van der Waals surface area (Å²) in [4.78, 5) is 2.82. The normalized spacial score (nSPS) is 39.4. The largest absolute Gasteiger partial charge is 0.309 e. The van der Waals surface area contributed by atoms with E-state index in [-0.39, 0.29) is 0 Å². The summed E-state index contributed by atoms with van der Waals surface area (Å²) in [6.45, 7) is 11.9. The lowest BCUT2D eigenvalue weighted by molar-refractivity contribution is -0.0475. The topological polar surface area (TPSA) is 15.3 Å². The minimum absolute atomic E-state index is 0.338. The molecule has 1 saturated carbocycles. The number of rotatable bonds is 3. The van der Waals surface area contributed by atoms with Crippen LogP contribution in [0.4, 0.5) is 0 Å². The van der Waals surface area contributed by atoms with E-state index in [2.05, 4.69) is 37.9 Å². The van der Waals surface area contributed by atoms with Gasteiger partial charge in [-0.3, -0.25) is 4.90 Å². The first-order valence-corrected chi connectivity index (χ1v) is 7.05. The highest BCUT2D eigenvalue weighted by Gasteiger charge is 2.45. The minimum atomic E-state index is 0.338. The van der Waals surface area contributed by atoms with Gasteiger partial charge in [0.25, 0.3) is 0 Å². The molecular weight excluding hydrogens is 196 g/mol. The maximum atomic E-state index is 3.75. The van der Waals surface area contributed by atoms with Gasteiger partial charge in [0.15, 0.2) is 0 Å². The summed E-state index contributed by atoms with van der Waals surface area (Å²) < 4.78 is 0. The van der Waals surface area contributed by atoms with E-state index in [0.29, 0.717) is 11.1 Å². The predicted octanol–water partition coefficient (Wildman–Crippen LogP) is 2.78. The fraction of sp³-hybridized carbons (Fsp3) is 1.00. The van der Waals surface area contributed by atoms with Crippen molar-refractivity contribution in [1.82, 2.24) is 10.2 Å². The molecule has 1 saturated heterocycles. The monoisotopic (exact) mass is 224 g/mol. The molecule has 2 unspecified atom stereocenters. The molecule has 2 fully saturated rings. The van der Waals surface area contributed by atoms with E-state index in [1.54, 1.807) is 0 Å². The van der Waals surface area contributed by atoms with Crippen molar-refractivity contribution in [2.24, 2.45) is 0 Å². The lowest BCUT2D eigenvalue weighted by Gasteiger charge is -2.57. The number of nitrogens with one attached hydrogen (secondary N) is 1. The zero-order valence-corrected chi connectivity index (χ0v) is 11.5. The molecule has 2 nitrogen and oxygen atoms in total. The zero-order valence-electron chi connectivity index (χ0n) is 11.5. The van der Waals surface area contributed by atoms with E-state index in [4.69, 9.17) is 0 Å². The van der Waals surface area contributed by atoms with Gasteiger partial charge in [0.1, 0.15) is 0 Å². The maximum absolute atomic E-state index is 3.75. The Bertz CT molecular complexity index is 247. The Balaban J connectivity index is 2.11. The van der Waals surface area contributed by atoms with Crippen molar-refractivity contribution in [2.75, 3.05) is 13.1 Å². The highest BCUT2D eigenvalue weighted by molar-refractivity contribution is 5.03. The molecule has 0 aromatic rings. The number of nitrogens with zero attached hydrogens (tertiary/aromatic N) is 1. The predicted molar refractivity (Wildman–Crippen MR) is 69.7 cm³/mol. The highest BCUT2D eigenvalue weighted by atomic mass is 15.3. The van der Waals surface area contributed by atoms with Gasteiger partial charge < -0.3 is 5.32 Å². The van der Waals surface area contributed by atoms with Gasteiger partial charge in [-0.1, -0.05) is 13.8 Å². The lowest BCUT2D eigenvalue weighted by atomic mass is 9.74. The van der Waals surface area contributed by atoms with Crippen LogP contribution in [-0.4, -0.2) is 35.1 Å². The van der Waals surface area contributed by atoms with Crippen LogP contribution >= 0.6 is 0 Å². The van der Waals surface area contributed by atoms with Crippen LogP contribution < -0.4 is 5.32 Å². The molecule has 2 atom stereocenters. The Hall–Kier alpha value is -0.0800. The molecule has 2 rings (SSSR count). The van der Waals surface area contributed by atoms with Crippen molar-refractivity contribution in [1.29, 1.82) is 0 Å². The quantitative estimate of drug-likeness (QED) is 0.793. The van der Waals surface area contributed by atoms with Gasteiger partial charge in [-0.05, 0) is 46.0 Å². The van der Waals surface area contributed by atoms with E-state index in [9.17, 15) is 0 Å². The van der Waals surface area contributed by atoms with Gasteiger partial charge in [-0.25, -0.2) is 0 Å². The van der Waals surface area contributed by atoms with Crippen LogP contribution in [0, 0.1) is 0 Å². The Labute approximate surface area is 101 Å². The first-order chi connectivity index (χ1) is 7.53. The summed E-state index contributed by atoms with van der Waals surface area (Å²) >= 11 is 0. The molecule has 0 spiro atoms. The average Bonchev–Trinajstić information content (AvgIpc) is 2.26. The Morgan fingerprint density at radius 1 is 1.25 bits per heavy atom. The highest BCUT2D eigenvalue weighted by Crippen LogP contribution is 2.41. The second-order valence-electron chi connectivity index (χ2n) is 6.34. The van der Waals surface area contributed by atoms with E-state index in [1.807, 2.05) is 0 Å². The lowest BCUT2D eigenvalue weighted by Crippen LogP contribution is -2.69. The molecule has 1 aliphatic heterocycles. The van der Waals surface area contributed by atoms with Crippen LogP contribution in [0.25, 0.3) is 0 Å². The number of piperazine rings is 1. The van der Waals surface area contributed by atoms with E-state index in [1.165, 1.54) is 45.2 Å². The van der Waals surface area contributed by atoms with Crippen LogP contribution in [0.2, 0.25) is 0 Å². The van der Waals surface area contributed by atoms with Gasteiger partial charge in [-0.15, -0.1) is 0 Å². The van der Waals surface area contributed by atoms with Crippen LogP contribution in [0.1, 0.15) is 59.8 Å². The molecule has 2 heteroatoms. The van der Waals surface area contributed by atoms with Crippen LogP contribution in [-0.2, 0) is 0 Å². The standard InChI is InChI=1S/C14H28N2/c1-5-12-10-15-13(3,6-2)11-16(12)14(4)8-7-9-14/h12,15H,5-11H2,1-4H3. The molecule has 1 N–H and O–H groups in total. The molecule has 1 aliphatic carbocycles. The van der Waals surface area contributed by atoms with E-state index < -0.39 is 0 Å². The van der Waals surface area contributed by atoms with Gasteiger partial charge in [0.2, 0.25) is 0 Å². The number of hydrogen-bond acceptors (Lipinski definition) is 2. The third-order valence-corrected chi connectivity index (χ3v) is 5.10. The van der Waals surface area contributed by atoms with Crippen molar-refractivity contribution in [3.63, 3.8) is 0 Å². The van der Waals surface area contributed by atoms with Crippen molar-refractivity contribution in [3.05, 3.63) is 0 Å². The fourth-order valence-electron chi connectivity index (χ4n) is 3.24. The molecule has 2 aliphatic rings. The fourth-order valence-corrected chi connectivity index (χ4v) is 3.24. The molecule has 0 amide bonds. The van der Waals surface area contributed by atoms with E-state index in [0.717, 1.165) is 6.04 Å². The first-order valence-electron chi connectivity index (χ1n) is 7.05. The maximum Gasteiger partial charge on any atom is 0.0278 e. The summed E-state index contributed by atoms with van der Waals surface area (Å²) in [6, 6.07) is 0.755. The molecule has 0 aromatic carbocycles. The summed E-state index contributed by atoms with van der Waals surface area (Å²) in [5.41, 5.74) is 0.851. The average molecular weight is 224 g/mol. The van der Waals surface area contributed by atoms with Crippen molar-refractivity contribution in [2.45, 2.75) is 76.9 Å². The van der Waals surface area contributed by atoms with Crippen molar-refractivity contribution in [3.8, 4) is 0 Å². The Kier molecular flexibility index (Phi) is 3.33. The van der Waals surface area contributed by atoms with Crippen molar-refractivity contribution < 1.29 is 0 Å². The van der Waals surface area contributed by atoms with Gasteiger partial charge in [-0.2, -0.15) is 0 Å². The Morgan fingerprint density at radius 3 is 2.38 bits per heavy atom. The zero-order chi connectivity index (χ0) is 11.8. The van der Waals surface area contributed by atoms with Gasteiger partial charge in [0, 0.05) is 30.2 Å². The minimum Gasteiger partial charge on any atom is -0.309 e. The molecule has 1 heterocycles. The van der Waals surface area contributed by atoms with Gasteiger partial charge in [0.05, 0.1) is 0 Å². The van der Waals surface area contributed by atoms with Crippen molar-refractivity contribution >= 4 is 0 Å². The van der Waals surface area contributed by atoms with E-state index >= 15 is 0 Å². The molecule has 0 radical (unpaired) electrons. The first kappa shape index (κ1) is 12.4. The smallest absolute Gasteiger partial charge is 0.0278 e. The molecule has 0 aromatic heterocycles. The second kappa shape index (κ2) is 4.30. The summed E-state index contributed by atoms with van der Waals surface area (Å²) in [7, 11) is 0. The molecule has 0 bridgehead atoms. The SMILES string of the molecule is CCC1CNC(C)(CC)CN1C1(C)CCC1. The van der Waals surface area contributed by atoms with Crippen LogP contribution in [0.15, 0.2) is 0 Å². The number of hydrogen-bond donors (Lipinski definition) is 1. The summed E-state index contributed by atoms with van der Waals surface area (Å²) in [5.74, 6) is 0. The summed E-state index contributed by atoms with van der Waals surface area (Å²) in [5, 5.41) is 3.75. The third-order valence-electron chi connectivity index (χ3n) is 5.10. The van der Waals surface area contributed by atoms with Crippen LogP contribution in [0.3, 0.4) is 0 Å². The molecule has 16 heavy (non-hydrogen) atoms. The third kappa shape index (κ3) is 2.02. The molecule has 94 valence electrons. The molecular formula is C14H28N2. The van der Waals surface area contributed by atoms with Crippen LogP contribution in [0.5, 0.6) is 0 Å². The second-order valence-corrected chi connectivity index (χ2v) is 6.34.